The SMILES string of the molecule is CC(C)C[C@H](NC(=O)OC(C)(C)C)C(=O)N[C@@H](C)C(=O)Nc1ccc([N+](=O)[O-])cc1. The molecule has 0 unspecified atom stereocenters. The van der Waals surface area contributed by atoms with Crippen LogP contribution in [0.2, 0.25) is 0 Å². The monoisotopic (exact) mass is 422 g/mol. The third-order valence-corrected chi connectivity index (χ3v) is 3.81. The predicted molar refractivity (Wildman–Crippen MR) is 112 cm³/mol. The summed E-state index contributed by atoms with van der Waals surface area (Å²) in [6.07, 6.45) is -0.354. The highest BCUT2D eigenvalue weighted by Gasteiger charge is 2.27. The maximum atomic E-state index is 12.6. The maximum absolute atomic E-state index is 12.6. The first-order valence-electron chi connectivity index (χ1n) is 9.63. The van der Waals surface area contributed by atoms with Gasteiger partial charge in [0.15, 0.2) is 0 Å². The van der Waals surface area contributed by atoms with Gasteiger partial charge in [0, 0.05) is 17.8 Å². The van der Waals surface area contributed by atoms with E-state index in [1.54, 1.807) is 20.8 Å². The number of nitro groups is 1. The van der Waals surface area contributed by atoms with Gasteiger partial charge >= 0.3 is 6.09 Å². The van der Waals surface area contributed by atoms with Crippen molar-refractivity contribution >= 4 is 29.3 Å². The molecule has 0 aliphatic heterocycles. The van der Waals surface area contributed by atoms with Crippen molar-refractivity contribution in [1.29, 1.82) is 0 Å². The van der Waals surface area contributed by atoms with Gasteiger partial charge in [0.05, 0.1) is 4.92 Å². The van der Waals surface area contributed by atoms with Crippen LogP contribution in [0.3, 0.4) is 0 Å². The first kappa shape index (κ1) is 24.9. The molecule has 0 saturated heterocycles. The number of nitrogens with zero attached hydrogens (tertiary/aromatic N) is 1. The van der Waals surface area contributed by atoms with Crippen molar-refractivity contribution in [3.8, 4) is 0 Å². The van der Waals surface area contributed by atoms with Crippen LogP contribution in [0.4, 0.5) is 16.2 Å². The highest BCUT2D eigenvalue weighted by atomic mass is 16.6. The number of alkyl carbamates (subject to hydrolysis) is 1. The van der Waals surface area contributed by atoms with Crippen LogP contribution in [0.15, 0.2) is 24.3 Å². The molecule has 2 atom stereocenters. The number of rotatable bonds is 8. The van der Waals surface area contributed by atoms with Crippen LogP contribution in [0.1, 0.15) is 48.0 Å². The number of benzene rings is 1. The summed E-state index contributed by atoms with van der Waals surface area (Å²) < 4.78 is 5.20. The highest BCUT2D eigenvalue weighted by Crippen LogP contribution is 2.15. The molecule has 1 aromatic rings. The van der Waals surface area contributed by atoms with E-state index in [0.29, 0.717) is 12.1 Å². The van der Waals surface area contributed by atoms with Gasteiger partial charge in [0.25, 0.3) is 5.69 Å². The summed E-state index contributed by atoms with van der Waals surface area (Å²) in [6, 6.07) is 3.56. The van der Waals surface area contributed by atoms with Gasteiger partial charge in [-0.2, -0.15) is 0 Å². The molecule has 0 spiro atoms. The molecule has 10 heteroatoms. The van der Waals surface area contributed by atoms with Gasteiger partial charge in [0.1, 0.15) is 17.7 Å². The van der Waals surface area contributed by atoms with Crippen molar-refractivity contribution in [1.82, 2.24) is 10.6 Å². The molecule has 3 N–H and O–H groups in total. The number of nitro benzene ring substituents is 1. The molecular weight excluding hydrogens is 392 g/mol. The molecular formula is C20H30N4O6. The van der Waals surface area contributed by atoms with Gasteiger partial charge in [0.2, 0.25) is 11.8 Å². The van der Waals surface area contributed by atoms with Crippen LogP contribution in [0, 0.1) is 16.0 Å². The number of ether oxygens (including phenoxy) is 1. The lowest BCUT2D eigenvalue weighted by Crippen LogP contribution is -2.52. The molecule has 0 saturated carbocycles. The van der Waals surface area contributed by atoms with Crippen molar-refractivity contribution in [2.24, 2.45) is 5.92 Å². The molecule has 166 valence electrons. The standard InChI is InChI=1S/C20H30N4O6/c1-12(2)11-16(23-19(27)30-20(4,5)6)18(26)21-13(3)17(25)22-14-7-9-15(10-8-14)24(28)29/h7-10,12-13,16H,11H2,1-6H3,(H,21,26)(H,22,25)(H,23,27)/t13-,16-/m0/s1. The summed E-state index contributed by atoms with van der Waals surface area (Å²) >= 11 is 0. The largest absolute Gasteiger partial charge is 0.444 e. The molecule has 1 rings (SSSR count). The molecule has 10 nitrogen and oxygen atoms in total. The molecule has 0 aliphatic rings. The number of non-ortho nitro benzene ring substituents is 1. The van der Waals surface area contributed by atoms with E-state index in [0.717, 1.165) is 0 Å². The molecule has 0 bridgehead atoms. The van der Waals surface area contributed by atoms with E-state index in [2.05, 4.69) is 16.0 Å². The van der Waals surface area contributed by atoms with Gasteiger partial charge in [-0.15, -0.1) is 0 Å². The number of hydrogen-bond acceptors (Lipinski definition) is 6. The van der Waals surface area contributed by atoms with Crippen LogP contribution in [-0.2, 0) is 14.3 Å². The lowest BCUT2D eigenvalue weighted by molar-refractivity contribution is -0.384. The van der Waals surface area contributed by atoms with E-state index in [1.807, 2.05) is 13.8 Å². The zero-order chi connectivity index (χ0) is 23.1. The number of amides is 3. The Labute approximate surface area is 175 Å². The normalized spacial score (nSPS) is 13.2. The smallest absolute Gasteiger partial charge is 0.408 e. The van der Waals surface area contributed by atoms with Gasteiger partial charge in [-0.1, -0.05) is 13.8 Å². The summed E-state index contributed by atoms with van der Waals surface area (Å²) in [7, 11) is 0. The van der Waals surface area contributed by atoms with Crippen molar-refractivity contribution in [3.63, 3.8) is 0 Å². The van der Waals surface area contributed by atoms with E-state index >= 15 is 0 Å². The molecule has 30 heavy (non-hydrogen) atoms. The number of anilines is 1. The number of hydrogen-bond donors (Lipinski definition) is 3. The fourth-order valence-corrected chi connectivity index (χ4v) is 2.45. The summed E-state index contributed by atoms with van der Waals surface area (Å²) in [5.74, 6) is -0.904. The average Bonchev–Trinajstić information content (AvgIpc) is 2.59. The molecule has 0 fully saturated rings. The first-order valence-corrected chi connectivity index (χ1v) is 9.63. The maximum Gasteiger partial charge on any atom is 0.408 e. The first-order chi connectivity index (χ1) is 13.8. The van der Waals surface area contributed by atoms with Gasteiger partial charge in [-0.05, 0) is 52.2 Å². The van der Waals surface area contributed by atoms with Crippen LogP contribution in [0.5, 0.6) is 0 Å². The Kier molecular flexibility index (Phi) is 8.75. The average molecular weight is 422 g/mol. The second kappa shape index (κ2) is 10.6. The minimum atomic E-state index is -0.900. The number of nitrogens with one attached hydrogen (secondary N) is 3. The Hall–Kier alpha value is -3.17. The van der Waals surface area contributed by atoms with Crippen molar-refractivity contribution in [2.75, 3.05) is 5.32 Å². The lowest BCUT2D eigenvalue weighted by atomic mass is 10.0. The van der Waals surface area contributed by atoms with E-state index in [1.165, 1.54) is 31.2 Å². The Morgan fingerprint density at radius 1 is 1.03 bits per heavy atom. The van der Waals surface area contributed by atoms with E-state index in [9.17, 15) is 24.5 Å². The van der Waals surface area contributed by atoms with Crippen LogP contribution in [-0.4, -0.2) is 40.5 Å². The Balaban J connectivity index is 2.72. The summed E-state index contributed by atoms with van der Waals surface area (Å²) in [6.45, 7) is 10.5. The fraction of sp³-hybridized carbons (Fsp3) is 0.550. The zero-order valence-corrected chi connectivity index (χ0v) is 18.1. The van der Waals surface area contributed by atoms with Crippen LogP contribution in [0.25, 0.3) is 0 Å². The van der Waals surface area contributed by atoms with Crippen LogP contribution < -0.4 is 16.0 Å². The molecule has 0 aromatic heterocycles. The van der Waals surface area contributed by atoms with Gasteiger partial charge in [-0.25, -0.2) is 4.79 Å². The molecule has 3 amide bonds. The van der Waals surface area contributed by atoms with Gasteiger partial charge < -0.3 is 20.7 Å². The summed E-state index contributed by atoms with van der Waals surface area (Å²) in [4.78, 5) is 47.2. The topological polar surface area (TPSA) is 140 Å². The van der Waals surface area contributed by atoms with Crippen molar-refractivity contribution < 1.29 is 24.0 Å². The summed E-state index contributed by atoms with van der Waals surface area (Å²) in [5, 5.41) is 18.4. The Morgan fingerprint density at radius 3 is 2.07 bits per heavy atom. The number of carbonyl (C=O) groups is 3. The minimum absolute atomic E-state index is 0.0981. The molecule has 0 aliphatic carbocycles. The number of carbonyl (C=O) groups excluding carboxylic acids is 3. The third-order valence-electron chi connectivity index (χ3n) is 3.81. The second-order valence-corrected chi connectivity index (χ2v) is 8.35. The molecule has 0 heterocycles. The lowest BCUT2D eigenvalue weighted by Gasteiger charge is -2.25. The Morgan fingerprint density at radius 2 is 1.60 bits per heavy atom. The fourth-order valence-electron chi connectivity index (χ4n) is 2.45. The van der Waals surface area contributed by atoms with E-state index in [4.69, 9.17) is 4.74 Å². The van der Waals surface area contributed by atoms with Gasteiger partial charge in [-0.3, -0.25) is 19.7 Å². The molecule has 0 radical (unpaired) electrons. The summed E-state index contributed by atoms with van der Waals surface area (Å²) in [5.41, 5.74) is -0.447. The van der Waals surface area contributed by atoms with Crippen molar-refractivity contribution in [3.05, 3.63) is 34.4 Å². The predicted octanol–water partition coefficient (Wildman–Crippen LogP) is 2.98. The van der Waals surface area contributed by atoms with Crippen LogP contribution >= 0.6 is 0 Å². The highest BCUT2D eigenvalue weighted by molar-refractivity contribution is 5.98. The van der Waals surface area contributed by atoms with E-state index < -0.39 is 40.5 Å². The minimum Gasteiger partial charge on any atom is -0.444 e. The van der Waals surface area contributed by atoms with Crippen molar-refractivity contribution in [2.45, 2.75) is 65.6 Å². The second-order valence-electron chi connectivity index (χ2n) is 8.35. The zero-order valence-electron chi connectivity index (χ0n) is 18.1. The molecule has 1 aromatic carbocycles. The quantitative estimate of drug-likeness (QED) is 0.435. The third kappa shape index (κ3) is 8.89. The van der Waals surface area contributed by atoms with E-state index in [-0.39, 0.29) is 11.6 Å². The Bertz CT molecular complexity index is 770.